The Kier molecular flexibility index (Phi) is 16.3. The molecule has 0 saturated heterocycles. The first-order valence-electron chi connectivity index (χ1n) is 17.9. The molecule has 0 aliphatic carbocycles. The third kappa shape index (κ3) is 11.6. The lowest BCUT2D eigenvalue weighted by Crippen LogP contribution is -2.33. The maximum atomic E-state index is 13.8. The number of aliphatic imine (C=N–C) groups is 1. The molecule has 1 unspecified atom stereocenters. The molecule has 2 aromatic carbocycles. The van der Waals surface area contributed by atoms with Gasteiger partial charge in [0.15, 0.2) is 9.84 Å². The number of hydrogen-bond acceptors (Lipinski definition) is 9. The van der Waals surface area contributed by atoms with E-state index in [1.54, 1.807) is 30.0 Å². The van der Waals surface area contributed by atoms with Crippen LogP contribution in [0.5, 0.6) is 11.5 Å². The van der Waals surface area contributed by atoms with Crippen LogP contribution in [-0.4, -0.2) is 60.6 Å². The van der Waals surface area contributed by atoms with Crippen molar-refractivity contribution in [3.05, 3.63) is 35.9 Å². The molecule has 1 heterocycles. The number of carbonyl (C=O) groups excluding carboxylic acids is 1. The molecule has 48 heavy (non-hydrogen) atoms. The molecule has 0 spiro atoms. The van der Waals surface area contributed by atoms with Crippen molar-refractivity contribution in [1.29, 1.82) is 5.26 Å². The van der Waals surface area contributed by atoms with Gasteiger partial charge in [0.2, 0.25) is 0 Å². The number of phenols is 1. The summed E-state index contributed by atoms with van der Waals surface area (Å²) >= 11 is 0. The highest BCUT2D eigenvalue weighted by atomic mass is 32.2. The minimum atomic E-state index is -3.72. The molecule has 1 atom stereocenters. The van der Waals surface area contributed by atoms with E-state index in [1.807, 2.05) is 6.07 Å². The lowest BCUT2D eigenvalue weighted by molar-refractivity contribution is 0.0752. The fourth-order valence-corrected chi connectivity index (χ4v) is 7.36. The normalized spacial score (nSPS) is 15.8. The Hall–Kier alpha value is -3.52. The van der Waals surface area contributed by atoms with E-state index in [4.69, 9.17) is 4.74 Å². The summed E-state index contributed by atoms with van der Waals surface area (Å²) in [6.07, 6.45) is 17.8. The van der Waals surface area contributed by atoms with E-state index in [1.165, 1.54) is 83.6 Å². The molecule has 0 radical (unpaired) electrons. The van der Waals surface area contributed by atoms with E-state index < -0.39 is 14.8 Å². The minimum Gasteiger partial charge on any atom is -0.506 e. The number of nitriles is 1. The number of sulfone groups is 1. The largest absolute Gasteiger partial charge is 0.506 e. The SMILES string of the molecule is CCCCCCCCCCCCCCCCN(CCC#N)C(=O)c1cc(OCCCS(=O)(=O)C2(C)N=NC(C)=N2)c2ccccc2c1O. The summed E-state index contributed by atoms with van der Waals surface area (Å²) in [4.78, 5) is 17.9. The summed E-state index contributed by atoms with van der Waals surface area (Å²) in [7, 11) is -3.72. The predicted molar refractivity (Wildman–Crippen MR) is 192 cm³/mol. The predicted octanol–water partition coefficient (Wildman–Crippen LogP) is 9.12. The number of nitrogens with zero attached hydrogens (tertiary/aromatic N) is 5. The molecular weight excluding hydrogens is 627 g/mol. The third-order valence-electron chi connectivity index (χ3n) is 8.92. The molecule has 11 heteroatoms. The van der Waals surface area contributed by atoms with Gasteiger partial charge in [-0.25, -0.2) is 13.4 Å². The average molecular weight is 682 g/mol. The summed E-state index contributed by atoms with van der Waals surface area (Å²) in [5, 5.41) is 29.1. The van der Waals surface area contributed by atoms with E-state index in [-0.39, 0.29) is 49.0 Å². The number of benzene rings is 2. The maximum absolute atomic E-state index is 13.8. The molecule has 10 nitrogen and oxygen atoms in total. The average Bonchev–Trinajstić information content (AvgIpc) is 3.44. The van der Waals surface area contributed by atoms with Crippen molar-refractivity contribution in [2.45, 2.75) is 128 Å². The monoisotopic (exact) mass is 681 g/mol. The van der Waals surface area contributed by atoms with Crippen molar-refractivity contribution in [3.8, 4) is 17.6 Å². The highest BCUT2D eigenvalue weighted by Gasteiger charge is 2.41. The molecule has 0 saturated carbocycles. The van der Waals surface area contributed by atoms with Crippen molar-refractivity contribution in [2.75, 3.05) is 25.4 Å². The molecule has 1 aliphatic heterocycles. The summed E-state index contributed by atoms with van der Waals surface area (Å²) in [6, 6.07) is 10.7. The maximum Gasteiger partial charge on any atom is 0.270 e. The van der Waals surface area contributed by atoms with Gasteiger partial charge in [-0.05, 0) is 32.8 Å². The van der Waals surface area contributed by atoms with Crippen LogP contribution in [0, 0.1) is 11.3 Å². The molecule has 0 fully saturated rings. The molecule has 1 N–H and O–H groups in total. The van der Waals surface area contributed by atoms with E-state index in [0.29, 0.717) is 28.9 Å². The molecule has 3 rings (SSSR count). The van der Waals surface area contributed by atoms with Crippen LogP contribution in [0.25, 0.3) is 10.8 Å². The number of azo groups is 1. The van der Waals surface area contributed by atoms with Gasteiger partial charge >= 0.3 is 0 Å². The van der Waals surface area contributed by atoms with E-state index in [2.05, 4.69) is 28.2 Å². The number of phenolic OH excluding ortho intramolecular Hbond substituents is 1. The molecule has 264 valence electrons. The first-order valence-corrected chi connectivity index (χ1v) is 19.5. The lowest BCUT2D eigenvalue weighted by Gasteiger charge is -2.23. The summed E-state index contributed by atoms with van der Waals surface area (Å²) in [6.45, 7) is 6.11. The summed E-state index contributed by atoms with van der Waals surface area (Å²) in [5.41, 5.74) is 0.100. The van der Waals surface area contributed by atoms with Crippen molar-refractivity contribution in [1.82, 2.24) is 4.90 Å². The Morgan fingerprint density at radius 1 is 0.917 bits per heavy atom. The topological polar surface area (TPSA) is 145 Å². The standard InChI is InChI=1S/C37H55N5O5S/c1-4-5-6-7-8-9-10-11-12-13-14-15-16-19-25-42(26-20-24-38)36(44)33-29-34(31-22-17-18-23-32(31)35(33)43)47-27-21-28-48(45,46)37(3)39-30(2)40-41-37/h17-18,22-23,29,43H,4-16,19-21,25-28H2,1-3H3. The number of fused-ring (bicyclic) bond motifs is 1. The zero-order valence-corrected chi connectivity index (χ0v) is 30.1. The number of amides is 1. The van der Waals surface area contributed by atoms with Gasteiger partial charge in [-0.3, -0.25) is 4.79 Å². The van der Waals surface area contributed by atoms with Gasteiger partial charge in [-0.15, -0.1) is 10.2 Å². The zero-order chi connectivity index (χ0) is 34.8. The number of rotatable bonds is 24. The highest BCUT2D eigenvalue weighted by Crippen LogP contribution is 2.37. The summed E-state index contributed by atoms with van der Waals surface area (Å²) < 4.78 is 31.8. The Morgan fingerprint density at radius 3 is 2.06 bits per heavy atom. The Balaban J connectivity index is 1.54. The molecule has 1 amide bonds. The van der Waals surface area contributed by atoms with Gasteiger partial charge < -0.3 is 14.7 Å². The van der Waals surface area contributed by atoms with Gasteiger partial charge in [0.05, 0.1) is 30.4 Å². The molecule has 1 aliphatic rings. The fraction of sp³-hybridized carbons (Fsp3) is 0.649. The first-order chi connectivity index (χ1) is 23.1. The number of aromatic hydroxyl groups is 1. The Labute approximate surface area is 287 Å². The number of unbranched alkanes of at least 4 members (excludes halogenated alkanes) is 13. The van der Waals surface area contributed by atoms with Crippen LogP contribution < -0.4 is 4.74 Å². The number of amidine groups is 1. The molecular formula is C37H55N5O5S. The van der Waals surface area contributed by atoms with Crippen LogP contribution in [0.4, 0.5) is 0 Å². The van der Waals surface area contributed by atoms with Gasteiger partial charge in [-0.1, -0.05) is 115 Å². The van der Waals surface area contributed by atoms with E-state index >= 15 is 0 Å². The van der Waals surface area contributed by atoms with Crippen molar-refractivity contribution in [2.24, 2.45) is 15.2 Å². The van der Waals surface area contributed by atoms with Crippen LogP contribution >= 0.6 is 0 Å². The third-order valence-corrected chi connectivity index (χ3v) is 11.1. The van der Waals surface area contributed by atoms with Crippen molar-refractivity contribution in [3.63, 3.8) is 0 Å². The Morgan fingerprint density at radius 2 is 1.50 bits per heavy atom. The number of hydrogen-bond donors (Lipinski definition) is 1. The van der Waals surface area contributed by atoms with Crippen LogP contribution in [-0.2, 0) is 9.84 Å². The van der Waals surface area contributed by atoms with E-state index in [9.17, 15) is 23.6 Å². The second kappa shape index (κ2) is 20.1. The quantitative estimate of drug-likeness (QED) is 0.109. The number of carbonyl (C=O) groups is 1. The first kappa shape index (κ1) is 38.9. The molecule has 2 aromatic rings. The van der Waals surface area contributed by atoms with Crippen LogP contribution in [0.1, 0.15) is 134 Å². The lowest BCUT2D eigenvalue weighted by atomic mass is 10.0. The summed E-state index contributed by atoms with van der Waals surface area (Å²) in [5.74, 6) is -0.00767. The fourth-order valence-electron chi connectivity index (χ4n) is 6.04. The smallest absolute Gasteiger partial charge is 0.270 e. The van der Waals surface area contributed by atoms with Crippen LogP contribution in [0.15, 0.2) is 45.6 Å². The highest BCUT2D eigenvalue weighted by molar-refractivity contribution is 7.92. The van der Waals surface area contributed by atoms with E-state index in [0.717, 1.165) is 19.3 Å². The van der Waals surface area contributed by atoms with Gasteiger partial charge in [0.25, 0.3) is 10.9 Å². The van der Waals surface area contributed by atoms with Gasteiger partial charge in [0.1, 0.15) is 17.3 Å². The minimum absolute atomic E-state index is 0.0642. The second-order valence-corrected chi connectivity index (χ2v) is 15.3. The Bertz CT molecular complexity index is 1530. The van der Waals surface area contributed by atoms with Crippen LogP contribution in [0.2, 0.25) is 0 Å². The molecule has 0 aromatic heterocycles. The van der Waals surface area contributed by atoms with Crippen molar-refractivity contribution < 1.29 is 23.1 Å². The van der Waals surface area contributed by atoms with Crippen molar-refractivity contribution >= 4 is 32.4 Å². The molecule has 0 bridgehead atoms. The van der Waals surface area contributed by atoms with Gasteiger partial charge in [0, 0.05) is 23.9 Å². The number of ether oxygens (including phenoxy) is 1. The van der Waals surface area contributed by atoms with Gasteiger partial charge in [-0.2, -0.15) is 5.26 Å². The second-order valence-electron chi connectivity index (χ2n) is 12.9. The van der Waals surface area contributed by atoms with Crippen LogP contribution in [0.3, 0.4) is 0 Å². The zero-order valence-electron chi connectivity index (χ0n) is 29.3.